The second-order valence-electron chi connectivity index (χ2n) is 6.94. The van der Waals surface area contributed by atoms with E-state index in [4.69, 9.17) is 4.74 Å². The highest BCUT2D eigenvalue weighted by atomic mass is 32.1. The molecule has 1 fully saturated rings. The molecule has 3 aromatic rings. The minimum absolute atomic E-state index is 0.0270. The van der Waals surface area contributed by atoms with E-state index in [1.807, 2.05) is 13.8 Å². The van der Waals surface area contributed by atoms with E-state index in [-0.39, 0.29) is 16.9 Å². The third kappa shape index (κ3) is 3.46. The van der Waals surface area contributed by atoms with Gasteiger partial charge in [-0.05, 0) is 43.7 Å². The van der Waals surface area contributed by atoms with Crippen molar-refractivity contribution in [2.24, 2.45) is 0 Å². The fraction of sp³-hybridized carbons (Fsp3) is 0.182. The molecule has 0 radical (unpaired) electrons. The lowest BCUT2D eigenvalue weighted by atomic mass is 9.96. The summed E-state index contributed by atoms with van der Waals surface area (Å²) in [6.45, 7) is 3.67. The van der Waals surface area contributed by atoms with E-state index in [1.54, 1.807) is 18.3 Å². The summed E-state index contributed by atoms with van der Waals surface area (Å²) in [5, 5.41) is 11.4. The number of benzene rings is 1. The van der Waals surface area contributed by atoms with Crippen LogP contribution in [0, 0.1) is 19.7 Å². The number of carbonyl (C=O) groups excluding carboxylic acids is 2. The number of ketones is 1. The smallest absolute Gasteiger partial charge is 0.301 e. The minimum Gasteiger partial charge on any atom is -0.507 e. The molecule has 0 unspecified atom stereocenters. The summed E-state index contributed by atoms with van der Waals surface area (Å²) < 4.78 is 19.2. The number of amides is 1. The van der Waals surface area contributed by atoms with Gasteiger partial charge < -0.3 is 9.84 Å². The maximum Gasteiger partial charge on any atom is 0.301 e. The fourth-order valence-corrected chi connectivity index (χ4v) is 4.39. The molecule has 0 saturated carbocycles. The summed E-state index contributed by atoms with van der Waals surface area (Å²) in [6.07, 6.45) is 3.07. The summed E-state index contributed by atoms with van der Waals surface area (Å²) in [5.41, 5.74) is 1.02. The Bertz CT molecular complexity index is 1200. The van der Waals surface area contributed by atoms with Gasteiger partial charge in [-0.3, -0.25) is 19.5 Å². The lowest BCUT2D eigenvalue weighted by molar-refractivity contribution is -0.132. The van der Waals surface area contributed by atoms with Gasteiger partial charge in [0.25, 0.3) is 5.78 Å². The molecule has 9 heteroatoms. The molecule has 2 aromatic heterocycles. The molecule has 1 aliphatic heterocycles. The van der Waals surface area contributed by atoms with Gasteiger partial charge in [-0.25, -0.2) is 9.37 Å². The van der Waals surface area contributed by atoms with Crippen molar-refractivity contribution in [3.63, 3.8) is 0 Å². The number of hydrogen-bond acceptors (Lipinski definition) is 7. The number of methoxy groups -OCH3 is 1. The van der Waals surface area contributed by atoms with Crippen LogP contribution in [-0.2, 0) is 9.59 Å². The van der Waals surface area contributed by atoms with Crippen LogP contribution in [0.1, 0.15) is 27.7 Å². The Morgan fingerprint density at radius 3 is 2.65 bits per heavy atom. The topological polar surface area (TPSA) is 92.6 Å². The molecule has 1 N–H and O–H groups in total. The highest BCUT2D eigenvalue weighted by molar-refractivity contribution is 7.16. The van der Waals surface area contributed by atoms with Crippen LogP contribution < -0.4 is 9.64 Å². The highest BCUT2D eigenvalue weighted by Gasteiger charge is 2.48. The SMILES string of the molecule is COc1ccc(F)cc1/C(O)=C1\C(=O)C(=O)N(c2nc(C)c(C)s2)[C@@H]1c1cccnc1. The number of nitrogens with zero attached hydrogens (tertiary/aromatic N) is 3. The van der Waals surface area contributed by atoms with Crippen molar-refractivity contribution in [1.82, 2.24) is 9.97 Å². The predicted molar refractivity (Wildman–Crippen MR) is 114 cm³/mol. The molecule has 7 nitrogen and oxygen atoms in total. The monoisotopic (exact) mass is 439 g/mol. The van der Waals surface area contributed by atoms with Gasteiger partial charge in [0, 0.05) is 17.3 Å². The number of halogens is 1. The van der Waals surface area contributed by atoms with Gasteiger partial charge in [-0.1, -0.05) is 6.07 Å². The van der Waals surface area contributed by atoms with Crippen molar-refractivity contribution in [2.45, 2.75) is 19.9 Å². The molecule has 1 aromatic carbocycles. The summed E-state index contributed by atoms with van der Waals surface area (Å²) in [7, 11) is 1.36. The average molecular weight is 439 g/mol. The van der Waals surface area contributed by atoms with Crippen LogP contribution >= 0.6 is 11.3 Å². The Morgan fingerprint density at radius 1 is 1.26 bits per heavy atom. The van der Waals surface area contributed by atoms with Gasteiger partial charge in [0.15, 0.2) is 5.13 Å². The van der Waals surface area contributed by atoms with Crippen molar-refractivity contribution in [3.05, 3.63) is 75.8 Å². The van der Waals surface area contributed by atoms with Crippen LogP contribution in [0.3, 0.4) is 0 Å². The molecule has 1 amide bonds. The number of rotatable bonds is 4. The van der Waals surface area contributed by atoms with Crippen molar-refractivity contribution in [3.8, 4) is 5.75 Å². The Labute approximate surface area is 181 Å². The first kappa shape index (κ1) is 20.7. The number of pyridine rings is 1. The third-order valence-corrected chi connectivity index (χ3v) is 6.16. The van der Waals surface area contributed by atoms with E-state index in [0.717, 1.165) is 16.6 Å². The number of aromatic nitrogens is 2. The Hall–Kier alpha value is -3.59. The summed E-state index contributed by atoms with van der Waals surface area (Å²) in [5.74, 6) is -2.73. The van der Waals surface area contributed by atoms with Crippen LogP contribution in [0.4, 0.5) is 9.52 Å². The number of aliphatic hydroxyl groups is 1. The van der Waals surface area contributed by atoms with Crippen molar-refractivity contribution < 1.29 is 23.8 Å². The van der Waals surface area contributed by atoms with Gasteiger partial charge in [-0.2, -0.15) is 0 Å². The lowest BCUT2D eigenvalue weighted by Gasteiger charge is -2.22. The number of carbonyl (C=O) groups is 2. The molecule has 0 aliphatic carbocycles. The number of ether oxygens (including phenoxy) is 1. The average Bonchev–Trinajstić information content (AvgIpc) is 3.23. The Balaban J connectivity index is 1.98. The highest BCUT2D eigenvalue weighted by Crippen LogP contribution is 2.44. The number of anilines is 1. The molecular weight excluding hydrogens is 421 g/mol. The zero-order valence-corrected chi connectivity index (χ0v) is 17.7. The molecule has 1 saturated heterocycles. The number of hydrogen-bond donors (Lipinski definition) is 1. The largest absolute Gasteiger partial charge is 0.507 e. The molecule has 0 bridgehead atoms. The second kappa shape index (κ2) is 7.92. The normalized spacial score (nSPS) is 17.9. The van der Waals surface area contributed by atoms with Gasteiger partial charge in [0.1, 0.15) is 17.3 Å². The number of aliphatic hydroxyl groups excluding tert-OH is 1. The van der Waals surface area contributed by atoms with Crippen LogP contribution in [0.5, 0.6) is 5.75 Å². The van der Waals surface area contributed by atoms with Gasteiger partial charge in [0.2, 0.25) is 0 Å². The molecule has 1 atom stereocenters. The maximum atomic E-state index is 13.9. The zero-order valence-electron chi connectivity index (χ0n) is 16.9. The van der Waals surface area contributed by atoms with E-state index < -0.39 is 29.3 Å². The third-order valence-electron chi connectivity index (χ3n) is 5.08. The summed E-state index contributed by atoms with van der Waals surface area (Å²) >= 11 is 1.27. The van der Waals surface area contributed by atoms with Gasteiger partial charge in [0.05, 0.1) is 30.0 Å². The van der Waals surface area contributed by atoms with Gasteiger partial charge >= 0.3 is 5.91 Å². The minimum atomic E-state index is -0.980. The quantitative estimate of drug-likeness (QED) is 0.376. The number of aryl methyl sites for hydroxylation is 2. The first-order valence-corrected chi connectivity index (χ1v) is 10.1. The summed E-state index contributed by atoms with van der Waals surface area (Å²) in [6, 6.07) is 5.95. The second-order valence-corrected chi connectivity index (χ2v) is 8.12. The molecule has 31 heavy (non-hydrogen) atoms. The molecule has 158 valence electrons. The number of thiazole rings is 1. The van der Waals surface area contributed by atoms with Crippen LogP contribution in [0.25, 0.3) is 5.76 Å². The first-order valence-electron chi connectivity index (χ1n) is 9.32. The van der Waals surface area contributed by atoms with Crippen LogP contribution in [0.2, 0.25) is 0 Å². The zero-order chi connectivity index (χ0) is 22.3. The van der Waals surface area contributed by atoms with E-state index in [0.29, 0.717) is 10.7 Å². The predicted octanol–water partition coefficient (Wildman–Crippen LogP) is 3.93. The number of Topliss-reactive ketones (excluding diaryl/α,β-unsaturated/α-hetero) is 1. The standard InChI is InChI=1S/C22H18FN3O4S/c1-11-12(2)31-22(25-11)26-18(13-5-4-8-24-10-13)17(20(28)21(26)29)19(27)15-9-14(23)6-7-16(15)30-3/h4-10,18,27H,1-3H3/b19-17+/t18-/m1/s1. The Kier molecular flexibility index (Phi) is 5.28. The molecule has 0 spiro atoms. The first-order chi connectivity index (χ1) is 14.8. The van der Waals surface area contributed by atoms with E-state index in [1.165, 1.54) is 41.7 Å². The van der Waals surface area contributed by atoms with Crippen LogP contribution in [0.15, 0.2) is 48.3 Å². The van der Waals surface area contributed by atoms with Crippen molar-refractivity contribution in [2.75, 3.05) is 12.0 Å². The van der Waals surface area contributed by atoms with Gasteiger partial charge in [-0.15, -0.1) is 11.3 Å². The molecule has 3 heterocycles. The fourth-order valence-electron chi connectivity index (χ4n) is 3.45. The van der Waals surface area contributed by atoms with E-state index in [9.17, 15) is 19.1 Å². The molecule has 1 aliphatic rings. The Morgan fingerprint density at radius 2 is 2.03 bits per heavy atom. The van der Waals surface area contributed by atoms with E-state index in [2.05, 4.69) is 9.97 Å². The molecular formula is C22H18FN3O4S. The lowest BCUT2D eigenvalue weighted by Crippen LogP contribution is -2.29. The van der Waals surface area contributed by atoms with Crippen molar-refractivity contribution in [1.29, 1.82) is 0 Å². The molecule has 4 rings (SSSR count). The maximum absolute atomic E-state index is 13.9. The van der Waals surface area contributed by atoms with E-state index >= 15 is 0 Å². The summed E-state index contributed by atoms with van der Waals surface area (Å²) in [4.78, 5) is 36.8. The van der Waals surface area contributed by atoms with Crippen LogP contribution in [-0.4, -0.2) is 33.9 Å². The van der Waals surface area contributed by atoms with Crippen molar-refractivity contribution >= 4 is 33.9 Å².